The van der Waals surface area contributed by atoms with Crippen LogP contribution in [-0.2, 0) is 21.7 Å². The summed E-state index contributed by atoms with van der Waals surface area (Å²) in [5.41, 5.74) is 0. The van der Waals surface area contributed by atoms with E-state index in [2.05, 4.69) is 49.4 Å². The van der Waals surface area contributed by atoms with E-state index in [4.69, 9.17) is 0 Å². The minimum atomic E-state index is 0. The Hall–Kier alpha value is 2.38. The van der Waals surface area contributed by atoms with Crippen LogP contribution in [0.25, 0.3) is 0 Å². The van der Waals surface area contributed by atoms with Crippen molar-refractivity contribution in [3.63, 3.8) is 0 Å². The Labute approximate surface area is 108 Å². The molecule has 0 heterocycles. The Balaban J connectivity index is -0.0000000900. The van der Waals surface area contributed by atoms with Gasteiger partial charge in [-0.1, -0.05) is 0 Å². The first-order chi connectivity index (χ1) is 3.91. The summed E-state index contributed by atoms with van der Waals surface area (Å²) in [6.07, 6.45) is 10.0. The van der Waals surface area contributed by atoms with Crippen molar-refractivity contribution in [1.29, 1.82) is 0 Å². The van der Waals surface area contributed by atoms with Gasteiger partial charge in [0.15, 0.2) is 0 Å². The number of allylic oxidation sites excluding steroid dienone is 4. The molecule has 1 aliphatic carbocycles. The predicted molar refractivity (Wildman–Crippen MR) is 56.0 cm³/mol. The predicted octanol–water partition coefficient (Wildman–Crippen LogP) is 0.529. The van der Waals surface area contributed by atoms with Gasteiger partial charge in [0, 0.05) is 0 Å². The van der Waals surface area contributed by atoms with Crippen molar-refractivity contribution in [2.75, 3.05) is 0 Å². The molecule has 0 fully saturated rings. The molecule has 0 spiro atoms. The van der Waals surface area contributed by atoms with E-state index in [9.17, 15) is 0 Å². The van der Waals surface area contributed by atoms with Crippen molar-refractivity contribution in [2.24, 2.45) is 0 Å². The van der Waals surface area contributed by atoms with E-state index in [1.165, 1.54) is 0 Å². The first-order valence-corrected chi connectivity index (χ1v) is 14.6. The Morgan fingerprint density at radius 1 is 1.40 bits per heavy atom. The van der Waals surface area contributed by atoms with Gasteiger partial charge in [0.2, 0.25) is 0 Å². The summed E-state index contributed by atoms with van der Waals surface area (Å²) in [6, 6.07) is 0. The zero-order valence-corrected chi connectivity index (χ0v) is 13.6. The minimum absolute atomic E-state index is 0. The first kappa shape index (κ1) is 18.2. The fourth-order valence-electron chi connectivity index (χ4n) is 0.340. The van der Waals surface area contributed by atoms with E-state index < -0.39 is 0 Å². The first-order valence-electron chi connectivity index (χ1n) is 2.00. The monoisotopic (exact) mass is 509 g/mol. The molecule has 0 unspecified atom stereocenters. The quantitative estimate of drug-likeness (QED) is 0.255. The van der Waals surface area contributed by atoms with Gasteiger partial charge in [-0.25, -0.2) is 12.2 Å². The average molecular weight is 509 g/mol. The second kappa shape index (κ2) is 17.5. The summed E-state index contributed by atoms with van der Waals surface area (Å²) < 4.78 is 0. The van der Waals surface area contributed by atoms with Crippen LogP contribution < -0.4 is 13.3 Å². The maximum atomic E-state index is 2.99. The van der Waals surface area contributed by atoms with Crippen LogP contribution in [0.15, 0.2) is 18.2 Å². The maximum Gasteiger partial charge on any atom is 2.00 e. The molecular formula is C6H8I3Ti-. The molecule has 0 aromatic rings. The second-order valence-corrected chi connectivity index (χ2v) is 17.3. The van der Waals surface area contributed by atoms with E-state index in [-0.39, 0.29) is 29.1 Å². The van der Waals surface area contributed by atoms with Crippen LogP contribution in [-0.4, -0.2) is 0 Å². The molecule has 10 heavy (non-hydrogen) atoms. The molecule has 4 heteroatoms. The molecule has 0 saturated carbocycles. The van der Waals surface area contributed by atoms with Gasteiger partial charge < -0.3 is 7.43 Å². The molecule has 1 rings (SSSR count). The Morgan fingerprint density at radius 3 is 2.00 bits per heavy atom. The van der Waals surface area contributed by atoms with Gasteiger partial charge in [-0.3, -0.25) is 6.08 Å². The molecule has 0 amide bonds. The third-order valence-corrected chi connectivity index (χ3v) is 0.586. The molecule has 1 aliphatic rings. The SMILES string of the molecule is I[I-]I.[C-]1=CC=CC1.[CH3-].[Ti+2]. The van der Waals surface area contributed by atoms with E-state index in [0.717, 1.165) is 6.42 Å². The van der Waals surface area contributed by atoms with Crippen molar-refractivity contribution in [1.82, 2.24) is 0 Å². The zero-order valence-electron chi connectivity index (χ0n) is 5.57. The van der Waals surface area contributed by atoms with Crippen LogP contribution >= 0.6 is 37.2 Å². The van der Waals surface area contributed by atoms with E-state index in [1.807, 2.05) is 12.2 Å². The molecule has 0 nitrogen and oxygen atoms in total. The van der Waals surface area contributed by atoms with Crippen molar-refractivity contribution in [2.45, 2.75) is 6.42 Å². The summed E-state index contributed by atoms with van der Waals surface area (Å²) in [5.74, 6) is 0. The largest absolute Gasteiger partial charge is 2.00 e. The van der Waals surface area contributed by atoms with Crippen molar-refractivity contribution in [3.8, 4) is 0 Å². The van der Waals surface area contributed by atoms with Crippen LogP contribution in [0.1, 0.15) is 6.42 Å². The van der Waals surface area contributed by atoms with E-state index in [1.54, 1.807) is 0 Å². The minimum Gasteiger partial charge on any atom is -0.358 e. The molecule has 0 saturated heterocycles. The van der Waals surface area contributed by atoms with Crippen LogP contribution in [0.3, 0.4) is 0 Å². The van der Waals surface area contributed by atoms with Gasteiger partial charge in [0.25, 0.3) is 0 Å². The van der Waals surface area contributed by atoms with Crippen LogP contribution in [0.4, 0.5) is 0 Å². The summed E-state index contributed by atoms with van der Waals surface area (Å²) in [6.45, 7) is 0. The molecular weight excluding hydrogens is 501 g/mol. The fraction of sp³-hybridized carbons (Fsp3) is 0.167. The van der Waals surface area contributed by atoms with Gasteiger partial charge in [-0.05, 0) is 0 Å². The van der Waals surface area contributed by atoms with Crippen LogP contribution in [0.5, 0.6) is 0 Å². The third kappa shape index (κ3) is 16.8. The normalized spacial score (nSPS) is 11.0. The molecule has 58 valence electrons. The number of hydrogen-bond acceptors (Lipinski definition) is 0. The third-order valence-electron chi connectivity index (χ3n) is 0.586. The maximum absolute atomic E-state index is 2.99. The molecule has 0 aromatic carbocycles. The van der Waals surface area contributed by atoms with E-state index in [0.29, 0.717) is 13.3 Å². The molecule has 0 aliphatic heterocycles. The number of halogens is 3. The van der Waals surface area contributed by atoms with Crippen molar-refractivity contribution >= 4 is 37.2 Å². The van der Waals surface area contributed by atoms with Gasteiger partial charge in [-0.15, -0.1) is 6.42 Å². The average Bonchev–Trinajstić information content (AvgIpc) is 2.17. The summed E-state index contributed by atoms with van der Waals surface area (Å²) in [4.78, 5) is 0. The van der Waals surface area contributed by atoms with Gasteiger partial charge in [0.05, 0.1) is 0 Å². The number of rotatable bonds is 0. The molecule has 0 radical (unpaired) electrons. The van der Waals surface area contributed by atoms with Gasteiger partial charge >= 0.3 is 72.2 Å². The standard InChI is InChI=1S/C5H5.CH3.I3.Ti/c1-2-4-5-3-1;;1-3-2;/h1-3H,4H2;1H3;;/q3*-1;+2. The zero-order chi connectivity index (χ0) is 6.24. The summed E-state index contributed by atoms with van der Waals surface area (Å²) in [5, 5.41) is 0. The van der Waals surface area contributed by atoms with Gasteiger partial charge in [0.1, 0.15) is 0 Å². The molecule has 0 atom stereocenters. The molecule has 0 bridgehead atoms. The Kier molecular flexibility index (Phi) is 31.8. The Bertz CT molecular complexity index is 81.0. The van der Waals surface area contributed by atoms with Gasteiger partial charge in [-0.2, -0.15) is 6.08 Å². The fourth-order valence-corrected chi connectivity index (χ4v) is 0.340. The van der Waals surface area contributed by atoms with Crippen molar-refractivity contribution < 1.29 is 35.0 Å². The molecule has 0 N–H and O–H groups in total. The second-order valence-electron chi connectivity index (χ2n) is 1.06. The topological polar surface area (TPSA) is 0 Å². The summed E-state index contributed by atoms with van der Waals surface area (Å²) in [7, 11) is 0. The summed E-state index contributed by atoms with van der Waals surface area (Å²) >= 11 is 5.30. The number of hydrogen-bond donors (Lipinski definition) is 0. The van der Waals surface area contributed by atoms with Crippen LogP contribution in [0.2, 0.25) is 0 Å². The van der Waals surface area contributed by atoms with Crippen LogP contribution in [0, 0.1) is 13.5 Å². The Morgan fingerprint density at radius 2 is 1.90 bits per heavy atom. The van der Waals surface area contributed by atoms with E-state index >= 15 is 0 Å². The van der Waals surface area contributed by atoms with Crippen molar-refractivity contribution in [3.05, 3.63) is 31.7 Å². The smallest absolute Gasteiger partial charge is 0.358 e. The molecule has 0 aromatic heterocycles.